The molecule has 0 bridgehead atoms. The van der Waals surface area contributed by atoms with Crippen LogP contribution in [0.25, 0.3) is 0 Å². The Morgan fingerprint density at radius 2 is 1.63 bits per heavy atom. The van der Waals surface area contributed by atoms with Crippen LogP contribution >= 0.6 is 0 Å². The number of rotatable bonds is 11. The number of nitrogens with zero attached hydrogens (tertiary/aromatic N) is 1. The summed E-state index contributed by atoms with van der Waals surface area (Å²) in [5, 5.41) is 12.3. The maximum absolute atomic E-state index is 14.4. The number of ether oxygens (including phenoxy) is 3. The summed E-state index contributed by atoms with van der Waals surface area (Å²) < 4.78 is 17.8. The van der Waals surface area contributed by atoms with E-state index in [0.29, 0.717) is 30.2 Å². The van der Waals surface area contributed by atoms with Gasteiger partial charge in [0.2, 0.25) is 5.90 Å². The highest BCUT2D eigenvalue weighted by molar-refractivity contribution is 6.01. The van der Waals surface area contributed by atoms with Crippen LogP contribution in [0.5, 0.6) is 5.75 Å². The van der Waals surface area contributed by atoms with Gasteiger partial charge in [0.15, 0.2) is 11.6 Å². The number of fused-ring (bicyclic) bond motifs is 1. The van der Waals surface area contributed by atoms with Crippen molar-refractivity contribution in [3.63, 3.8) is 0 Å². The lowest BCUT2D eigenvalue weighted by atomic mass is 9.83. The van der Waals surface area contributed by atoms with E-state index in [1.807, 2.05) is 87.5 Å². The van der Waals surface area contributed by atoms with Crippen LogP contribution < -0.4 is 10.1 Å². The number of benzene rings is 3. The summed E-state index contributed by atoms with van der Waals surface area (Å²) in [7, 11) is 0. The van der Waals surface area contributed by atoms with Gasteiger partial charge in [-0.05, 0) is 81.0 Å². The molecule has 0 saturated carbocycles. The lowest BCUT2D eigenvalue weighted by Crippen LogP contribution is -2.52. The fourth-order valence-electron chi connectivity index (χ4n) is 5.65. The fraction of sp³-hybridized carbons (Fsp3) is 0.400. The van der Waals surface area contributed by atoms with E-state index >= 15 is 0 Å². The smallest absolute Gasteiger partial charge is 0.306 e. The molecule has 1 aliphatic carbocycles. The molecule has 8 heteroatoms. The summed E-state index contributed by atoms with van der Waals surface area (Å²) in [5.74, 6) is 0.310. The third-order valence-electron chi connectivity index (χ3n) is 7.65. The average molecular weight is 585 g/mol. The standard InChI is InChI=1S/C35H40N2O6/c1-34(2,3)43-30(39)18-19-35(33(40)36-28-22-26-12-7-8-13-27(26)23-28)31(24-10-5-4-6-11-24)42-32(37-35)25-14-16-29(17-15-25)41-21-9-20-38/h4-8,10-17,28,31,38H,9,18-23H2,1-3H3,(H,36,40)/t31-,35-/m1/s1. The number of esters is 1. The average Bonchev–Trinajstić information content (AvgIpc) is 3.58. The Balaban J connectivity index is 1.48. The minimum atomic E-state index is -1.40. The number of aliphatic imine (C=N–C) groups is 1. The van der Waals surface area contributed by atoms with E-state index in [1.54, 1.807) is 0 Å². The van der Waals surface area contributed by atoms with Crippen molar-refractivity contribution in [3.8, 4) is 5.75 Å². The van der Waals surface area contributed by atoms with Crippen molar-refractivity contribution in [2.24, 2.45) is 4.99 Å². The first-order chi connectivity index (χ1) is 20.7. The van der Waals surface area contributed by atoms with Crippen molar-refractivity contribution in [1.82, 2.24) is 5.32 Å². The van der Waals surface area contributed by atoms with Crippen LogP contribution in [0, 0.1) is 0 Å². The van der Waals surface area contributed by atoms with E-state index in [1.165, 1.54) is 11.1 Å². The molecule has 2 N–H and O–H groups in total. The first-order valence-corrected chi connectivity index (χ1v) is 14.9. The van der Waals surface area contributed by atoms with Gasteiger partial charge in [-0.15, -0.1) is 0 Å². The van der Waals surface area contributed by atoms with E-state index < -0.39 is 23.2 Å². The van der Waals surface area contributed by atoms with Gasteiger partial charge in [-0.25, -0.2) is 4.99 Å². The number of nitrogens with one attached hydrogen (secondary N) is 1. The quantitative estimate of drug-likeness (QED) is 0.240. The van der Waals surface area contributed by atoms with Crippen molar-refractivity contribution in [2.75, 3.05) is 13.2 Å². The molecule has 3 aromatic carbocycles. The van der Waals surface area contributed by atoms with Gasteiger partial charge in [0.1, 0.15) is 11.4 Å². The molecule has 0 spiro atoms. The molecule has 5 rings (SSSR count). The molecule has 2 aliphatic rings. The number of carbonyl (C=O) groups excluding carboxylic acids is 2. The van der Waals surface area contributed by atoms with Crippen LogP contribution in [-0.4, -0.2) is 53.3 Å². The minimum Gasteiger partial charge on any atom is -0.494 e. The highest BCUT2D eigenvalue weighted by Gasteiger charge is 2.54. The molecule has 0 aromatic heterocycles. The van der Waals surface area contributed by atoms with Gasteiger partial charge in [0.25, 0.3) is 5.91 Å². The summed E-state index contributed by atoms with van der Waals surface area (Å²) in [5.41, 5.74) is 1.88. The topological polar surface area (TPSA) is 106 Å². The minimum absolute atomic E-state index is 0.00328. The first-order valence-electron chi connectivity index (χ1n) is 14.9. The molecule has 1 aliphatic heterocycles. The molecule has 0 saturated heterocycles. The largest absolute Gasteiger partial charge is 0.494 e. The van der Waals surface area contributed by atoms with Crippen LogP contribution in [0.1, 0.15) is 68.4 Å². The van der Waals surface area contributed by atoms with Crippen LogP contribution in [0.2, 0.25) is 0 Å². The lowest BCUT2D eigenvalue weighted by Gasteiger charge is -2.32. The van der Waals surface area contributed by atoms with Crippen molar-refractivity contribution in [1.29, 1.82) is 0 Å². The second kappa shape index (κ2) is 13.0. The van der Waals surface area contributed by atoms with Crippen LogP contribution in [0.15, 0.2) is 83.9 Å². The molecule has 43 heavy (non-hydrogen) atoms. The second-order valence-corrected chi connectivity index (χ2v) is 12.1. The van der Waals surface area contributed by atoms with Crippen molar-refractivity contribution in [3.05, 3.63) is 101 Å². The molecule has 226 valence electrons. The van der Waals surface area contributed by atoms with Gasteiger partial charge in [0, 0.05) is 31.1 Å². The van der Waals surface area contributed by atoms with Gasteiger partial charge < -0.3 is 24.6 Å². The number of amides is 1. The Hall–Kier alpha value is -4.17. The zero-order valence-electron chi connectivity index (χ0n) is 25.0. The number of aliphatic hydroxyl groups excluding tert-OH is 1. The number of carbonyl (C=O) groups is 2. The van der Waals surface area contributed by atoms with Crippen molar-refractivity contribution in [2.45, 2.75) is 76.2 Å². The van der Waals surface area contributed by atoms with Gasteiger partial charge in [-0.1, -0.05) is 54.6 Å². The van der Waals surface area contributed by atoms with Gasteiger partial charge in [-0.2, -0.15) is 0 Å². The maximum atomic E-state index is 14.4. The Bertz CT molecular complexity index is 1420. The molecule has 3 aromatic rings. The zero-order valence-corrected chi connectivity index (χ0v) is 25.0. The van der Waals surface area contributed by atoms with Crippen LogP contribution in [-0.2, 0) is 31.9 Å². The predicted molar refractivity (Wildman–Crippen MR) is 164 cm³/mol. The Morgan fingerprint density at radius 1 is 0.977 bits per heavy atom. The normalized spacial score (nSPS) is 19.7. The van der Waals surface area contributed by atoms with Crippen molar-refractivity contribution < 1.29 is 28.9 Å². The molecule has 1 amide bonds. The van der Waals surface area contributed by atoms with Crippen LogP contribution in [0.4, 0.5) is 0 Å². The highest BCUT2D eigenvalue weighted by atomic mass is 16.6. The summed E-state index contributed by atoms with van der Waals surface area (Å²) in [6, 6.07) is 25.0. The SMILES string of the molecule is CC(C)(C)OC(=O)CC[C@@]1(C(=O)NC2Cc3ccccc3C2)N=C(c2ccc(OCCCO)cc2)O[C@@H]1c1ccccc1. The lowest BCUT2D eigenvalue weighted by molar-refractivity contribution is -0.155. The van der Waals surface area contributed by atoms with E-state index in [4.69, 9.17) is 24.3 Å². The van der Waals surface area contributed by atoms with E-state index in [2.05, 4.69) is 17.4 Å². The predicted octanol–water partition coefficient (Wildman–Crippen LogP) is 5.11. The van der Waals surface area contributed by atoms with Gasteiger partial charge in [-0.3, -0.25) is 9.59 Å². The second-order valence-electron chi connectivity index (χ2n) is 12.1. The molecule has 0 fully saturated rings. The Morgan fingerprint density at radius 3 is 2.26 bits per heavy atom. The van der Waals surface area contributed by atoms with E-state index in [0.717, 1.165) is 18.4 Å². The molecule has 1 heterocycles. The molecule has 0 unspecified atom stereocenters. The van der Waals surface area contributed by atoms with Gasteiger partial charge in [0.05, 0.1) is 6.61 Å². The fourth-order valence-corrected chi connectivity index (χ4v) is 5.65. The molecular formula is C35H40N2O6. The monoisotopic (exact) mass is 584 g/mol. The maximum Gasteiger partial charge on any atom is 0.306 e. The molecule has 2 atom stereocenters. The zero-order chi connectivity index (χ0) is 30.5. The van der Waals surface area contributed by atoms with E-state index in [9.17, 15) is 9.59 Å². The number of hydrogen-bond donors (Lipinski definition) is 2. The van der Waals surface area contributed by atoms with Crippen LogP contribution in [0.3, 0.4) is 0 Å². The van der Waals surface area contributed by atoms with Gasteiger partial charge >= 0.3 is 5.97 Å². The Kier molecular flexibility index (Phi) is 9.16. The third-order valence-corrected chi connectivity index (χ3v) is 7.65. The summed E-state index contributed by atoms with van der Waals surface area (Å²) in [6.07, 6.45) is 1.35. The highest BCUT2D eigenvalue weighted by Crippen LogP contribution is 2.43. The number of aliphatic hydroxyl groups is 1. The third kappa shape index (κ3) is 7.25. The number of hydrogen-bond acceptors (Lipinski definition) is 7. The Labute approximate surface area is 253 Å². The summed E-state index contributed by atoms with van der Waals surface area (Å²) >= 11 is 0. The molecule has 8 nitrogen and oxygen atoms in total. The first kappa shape index (κ1) is 30.3. The molecular weight excluding hydrogens is 544 g/mol. The van der Waals surface area contributed by atoms with Crippen molar-refractivity contribution >= 4 is 17.8 Å². The summed E-state index contributed by atoms with van der Waals surface area (Å²) in [4.78, 5) is 32.4. The summed E-state index contributed by atoms with van der Waals surface area (Å²) in [6.45, 7) is 5.93. The van der Waals surface area contributed by atoms with E-state index in [-0.39, 0.29) is 31.4 Å². The molecule has 0 radical (unpaired) electrons.